The van der Waals surface area contributed by atoms with Crippen molar-refractivity contribution >= 4 is 29.5 Å². The van der Waals surface area contributed by atoms with Gasteiger partial charge in [0.2, 0.25) is 0 Å². The molecule has 0 saturated heterocycles. The maximum Gasteiger partial charge on any atom is 0.335 e. The molecule has 7 heteroatoms. The number of carboxylic acids is 1. The zero-order valence-electron chi connectivity index (χ0n) is 12.0. The van der Waals surface area contributed by atoms with E-state index in [0.717, 1.165) is 11.1 Å². The minimum absolute atomic E-state index is 0.214. The molecule has 0 aliphatic carbocycles. The van der Waals surface area contributed by atoms with Crippen LogP contribution in [0.25, 0.3) is 0 Å². The average molecular weight is 331 g/mol. The summed E-state index contributed by atoms with van der Waals surface area (Å²) in [5, 5.41) is 16.0. The molecule has 118 valence electrons. The monoisotopic (exact) mass is 331 g/mol. The molecule has 0 bridgehead atoms. The van der Waals surface area contributed by atoms with Gasteiger partial charge in [0.1, 0.15) is 5.82 Å². The molecular formula is C16H14FN3O2S. The number of nitrogens with one attached hydrogen (secondary N) is 2. The number of aromatic carboxylic acids is 1. The smallest absolute Gasteiger partial charge is 0.335 e. The summed E-state index contributed by atoms with van der Waals surface area (Å²) in [6.45, 7) is 0.453. The number of hydrogen-bond acceptors (Lipinski definition) is 3. The van der Waals surface area contributed by atoms with E-state index in [1.165, 1.54) is 30.5 Å². The second-order valence-corrected chi connectivity index (χ2v) is 5.01. The normalized spacial score (nSPS) is 10.5. The molecule has 0 unspecified atom stereocenters. The van der Waals surface area contributed by atoms with Crippen molar-refractivity contribution in [3.05, 3.63) is 71.0 Å². The Morgan fingerprint density at radius 2 is 1.83 bits per heavy atom. The Hall–Kier alpha value is -2.80. The van der Waals surface area contributed by atoms with E-state index in [1.54, 1.807) is 24.3 Å². The topological polar surface area (TPSA) is 73.7 Å². The van der Waals surface area contributed by atoms with Crippen molar-refractivity contribution < 1.29 is 14.3 Å². The van der Waals surface area contributed by atoms with E-state index in [2.05, 4.69) is 15.8 Å². The number of carboxylic acid groups (broad SMARTS) is 1. The fourth-order valence-corrected chi connectivity index (χ4v) is 1.83. The van der Waals surface area contributed by atoms with Crippen molar-refractivity contribution in [2.45, 2.75) is 6.54 Å². The lowest BCUT2D eigenvalue weighted by Gasteiger charge is -2.06. The molecule has 5 nitrogen and oxygen atoms in total. The van der Waals surface area contributed by atoms with Gasteiger partial charge < -0.3 is 10.4 Å². The molecular weight excluding hydrogens is 317 g/mol. The first-order valence-corrected chi connectivity index (χ1v) is 7.10. The van der Waals surface area contributed by atoms with E-state index in [4.69, 9.17) is 17.3 Å². The molecule has 3 N–H and O–H groups in total. The lowest BCUT2D eigenvalue weighted by atomic mass is 10.1. The molecule has 2 aromatic carbocycles. The molecule has 0 aliphatic heterocycles. The molecule has 0 saturated carbocycles. The minimum Gasteiger partial charge on any atom is -0.478 e. The quantitative estimate of drug-likeness (QED) is 0.446. The Kier molecular flexibility index (Phi) is 5.76. The van der Waals surface area contributed by atoms with E-state index >= 15 is 0 Å². The summed E-state index contributed by atoms with van der Waals surface area (Å²) in [5.74, 6) is -1.26. The van der Waals surface area contributed by atoms with Gasteiger partial charge in [0.05, 0.1) is 11.8 Å². The number of thiocarbonyl (C=S) groups is 1. The maximum atomic E-state index is 12.8. The van der Waals surface area contributed by atoms with Gasteiger partial charge in [-0.15, -0.1) is 0 Å². The van der Waals surface area contributed by atoms with E-state index in [1.807, 2.05) is 0 Å². The Balaban J connectivity index is 1.79. The van der Waals surface area contributed by atoms with Gasteiger partial charge >= 0.3 is 5.97 Å². The first-order valence-electron chi connectivity index (χ1n) is 6.69. The predicted octanol–water partition coefficient (Wildman–Crippen LogP) is 2.52. The lowest BCUT2D eigenvalue weighted by molar-refractivity contribution is 0.0697. The molecule has 0 aromatic heterocycles. The lowest BCUT2D eigenvalue weighted by Crippen LogP contribution is -2.31. The highest BCUT2D eigenvalue weighted by molar-refractivity contribution is 7.80. The average Bonchev–Trinajstić information content (AvgIpc) is 2.55. The van der Waals surface area contributed by atoms with Crippen LogP contribution in [-0.4, -0.2) is 22.4 Å². The number of hydrogen-bond donors (Lipinski definition) is 3. The van der Waals surface area contributed by atoms with Gasteiger partial charge in [-0.1, -0.05) is 24.3 Å². The van der Waals surface area contributed by atoms with E-state index < -0.39 is 5.97 Å². The van der Waals surface area contributed by atoms with Gasteiger partial charge in [-0.25, -0.2) is 9.18 Å². The zero-order chi connectivity index (χ0) is 16.7. The zero-order valence-corrected chi connectivity index (χ0v) is 12.8. The third-order valence-corrected chi connectivity index (χ3v) is 3.14. The Morgan fingerprint density at radius 1 is 1.17 bits per heavy atom. The van der Waals surface area contributed by atoms with Crippen molar-refractivity contribution in [3.8, 4) is 0 Å². The maximum absolute atomic E-state index is 12.8. The second kappa shape index (κ2) is 8.00. The van der Waals surface area contributed by atoms with Gasteiger partial charge in [-0.05, 0) is 47.6 Å². The number of halogens is 1. The first kappa shape index (κ1) is 16.6. The van der Waals surface area contributed by atoms with Gasteiger partial charge in [0.25, 0.3) is 0 Å². The van der Waals surface area contributed by atoms with Crippen LogP contribution in [0, 0.1) is 5.82 Å². The Morgan fingerprint density at radius 3 is 2.43 bits per heavy atom. The molecule has 0 heterocycles. The first-order chi connectivity index (χ1) is 11.0. The largest absolute Gasteiger partial charge is 0.478 e. The summed E-state index contributed by atoms with van der Waals surface area (Å²) in [4.78, 5) is 10.7. The van der Waals surface area contributed by atoms with E-state index in [9.17, 15) is 9.18 Å². The van der Waals surface area contributed by atoms with Gasteiger partial charge in [-0.3, -0.25) is 5.43 Å². The van der Waals surface area contributed by atoms with Crippen LogP contribution in [0.4, 0.5) is 4.39 Å². The van der Waals surface area contributed by atoms with Crippen molar-refractivity contribution in [3.63, 3.8) is 0 Å². The van der Waals surface area contributed by atoms with E-state index in [-0.39, 0.29) is 11.4 Å². The number of carbonyl (C=O) groups is 1. The summed E-state index contributed by atoms with van der Waals surface area (Å²) >= 11 is 5.06. The molecule has 0 radical (unpaired) electrons. The van der Waals surface area contributed by atoms with Crippen LogP contribution >= 0.6 is 12.2 Å². The number of benzene rings is 2. The molecule has 0 atom stereocenters. The molecule has 2 aromatic rings. The van der Waals surface area contributed by atoms with Crippen molar-refractivity contribution in [1.29, 1.82) is 0 Å². The molecule has 2 rings (SSSR count). The summed E-state index contributed by atoms with van der Waals surface area (Å²) in [5.41, 5.74) is 4.50. The van der Waals surface area contributed by atoms with Crippen LogP contribution in [0.5, 0.6) is 0 Å². The fraction of sp³-hybridized carbons (Fsp3) is 0.0625. The highest BCUT2D eigenvalue weighted by Crippen LogP contribution is 2.03. The van der Waals surface area contributed by atoms with Crippen LogP contribution < -0.4 is 10.7 Å². The molecule has 0 amide bonds. The van der Waals surface area contributed by atoms with Crippen LogP contribution in [0.2, 0.25) is 0 Å². The van der Waals surface area contributed by atoms with Crippen molar-refractivity contribution in [1.82, 2.24) is 10.7 Å². The molecule has 23 heavy (non-hydrogen) atoms. The molecule has 0 spiro atoms. The number of rotatable bonds is 5. The Bertz CT molecular complexity index is 715. The second-order valence-electron chi connectivity index (χ2n) is 4.61. The van der Waals surface area contributed by atoms with Gasteiger partial charge in [0.15, 0.2) is 5.11 Å². The summed E-state index contributed by atoms with van der Waals surface area (Å²) < 4.78 is 12.8. The summed E-state index contributed by atoms with van der Waals surface area (Å²) in [6.07, 6.45) is 1.53. The number of hydrazone groups is 1. The van der Waals surface area contributed by atoms with Crippen molar-refractivity contribution in [2.75, 3.05) is 0 Å². The van der Waals surface area contributed by atoms with Gasteiger partial charge in [0, 0.05) is 6.54 Å². The van der Waals surface area contributed by atoms with Crippen LogP contribution in [0.15, 0.2) is 53.6 Å². The summed E-state index contributed by atoms with van der Waals surface area (Å²) in [7, 11) is 0. The van der Waals surface area contributed by atoms with Gasteiger partial charge in [-0.2, -0.15) is 5.10 Å². The minimum atomic E-state index is -0.974. The fourth-order valence-electron chi connectivity index (χ4n) is 1.70. The van der Waals surface area contributed by atoms with Crippen molar-refractivity contribution in [2.24, 2.45) is 5.10 Å². The summed E-state index contributed by atoms with van der Waals surface area (Å²) in [6, 6.07) is 12.4. The van der Waals surface area contributed by atoms with Crippen LogP contribution in [0.3, 0.4) is 0 Å². The highest BCUT2D eigenvalue weighted by Gasteiger charge is 2.00. The van der Waals surface area contributed by atoms with Crippen LogP contribution in [0.1, 0.15) is 21.5 Å². The number of nitrogens with zero attached hydrogens (tertiary/aromatic N) is 1. The Labute approximate surface area is 137 Å². The van der Waals surface area contributed by atoms with E-state index in [0.29, 0.717) is 11.7 Å². The van der Waals surface area contributed by atoms with Crippen LogP contribution in [-0.2, 0) is 6.54 Å². The highest BCUT2D eigenvalue weighted by atomic mass is 32.1. The standard InChI is InChI=1S/C16H14FN3O2S/c17-14-7-3-11(4-8-14)9-18-16(23)20-19-10-12-1-5-13(6-2-12)15(21)22/h1-8,10H,9H2,(H,21,22)(H2,18,20,23)/b19-10-. The third-order valence-electron chi connectivity index (χ3n) is 2.90. The molecule has 0 aliphatic rings. The molecule has 0 fully saturated rings. The predicted molar refractivity (Wildman–Crippen MR) is 90.0 cm³/mol. The SMILES string of the molecule is O=C(O)c1ccc(/C=N\NC(=S)NCc2ccc(F)cc2)cc1. The third kappa shape index (κ3) is 5.48.